The fourth-order valence-corrected chi connectivity index (χ4v) is 5.16. The summed E-state index contributed by atoms with van der Waals surface area (Å²) in [6, 6.07) is 4.06. The predicted molar refractivity (Wildman–Crippen MR) is 118 cm³/mol. The van der Waals surface area contributed by atoms with Crippen molar-refractivity contribution in [2.45, 2.75) is 52.0 Å². The molecule has 170 valence electrons. The summed E-state index contributed by atoms with van der Waals surface area (Å²) in [4.78, 5) is 28.9. The van der Waals surface area contributed by atoms with E-state index in [4.69, 9.17) is 9.15 Å². The molecule has 0 radical (unpaired) electrons. The number of hydrogen-bond acceptors (Lipinski definition) is 5. The monoisotopic (exact) mass is 429 g/mol. The third-order valence-corrected chi connectivity index (χ3v) is 7.13. The minimum Gasteiger partial charge on any atom is -0.465 e. The van der Waals surface area contributed by atoms with E-state index >= 15 is 0 Å². The Morgan fingerprint density at radius 1 is 1.26 bits per heavy atom. The van der Waals surface area contributed by atoms with Crippen molar-refractivity contribution in [3.8, 4) is 0 Å². The van der Waals surface area contributed by atoms with E-state index < -0.39 is 0 Å². The largest absolute Gasteiger partial charge is 0.465 e. The van der Waals surface area contributed by atoms with Gasteiger partial charge >= 0.3 is 6.09 Å². The molecule has 1 saturated carbocycles. The van der Waals surface area contributed by atoms with Crippen LogP contribution in [0.25, 0.3) is 6.08 Å². The summed E-state index contributed by atoms with van der Waals surface area (Å²) in [6.07, 6.45) is 8.39. The maximum atomic E-state index is 12.9. The van der Waals surface area contributed by atoms with Gasteiger partial charge in [-0.15, -0.1) is 0 Å². The number of furan rings is 1. The molecule has 2 amide bonds. The lowest BCUT2D eigenvalue weighted by molar-refractivity contribution is -0.124. The van der Waals surface area contributed by atoms with Gasteiger partial charge in [0.1, 0.15) is 5.76 Å². The lowest BCUT2D eigenvalue weighted by atomic mass is 9.90. The van der Waals surface area contributed by atoms with Crippen LogP contribution in [-0.4, -0.2) is 67.2 Å². The van der Waals surface area contributed by atoms with Gasteiger partial charge in [-0.25, -0.2) is 4.79 Å². The number of likely N-dealkylation sites (tertiary alicyclic amines) is 2. The quantitative estimate of drug-likeness (QED) is 0.749. The van der Waals surface area contributed by atoms with E-state index in [0.717, 1.165) is 57.5 Å². The molecule has 1 N–H and O–H groups in total. The van der Waals surface area contributed by atoms with Crippen LogP contribution in [0.2, 0.25) is 0 Å². The van der Waals surface area contributed by atoms with E-state index in [1.165, 1.54) is 5.57 Å². The molecule has 1 aliphatic carbocycles. The molecule has 2 aliphatic heterocycles. The minimum atomic E-state index is -0.241. The first-order chi connectivity index (χ1) is 15.0. The molecule has 0 aromatic carbocycles. The van der Waals surface area contributed by atoms with Crippen molar-refractivity contribution in [3.05, 3.63) is 29.7 Å². The Labute approximate surface area is 184 Å². The number of nitrogens with one attached hydrogen (secondary N) is 1. The van der Waals surface area contributed by atoms with Gasteiger partial charge in [-0.1, -0.05) is 5.57 Å². The molecule has 31 heavy (non-hydrogen) atoms. The van der Waals surface area contributed by atoms with Crippen molar-refractivity contribution in [3.63, 3.8) is 0 Å². The zero-order valence-electron chi connectivity index (χ0n) is 18.8. The van der Waals surface area contributed by atoms with Crippen molar-refractivity contribution < 1.29 is 18.7 Å². The number of amides is 2. The van der Waals surface area contributed by atoms with Crippen LogP contribution in [0.3, 0.4) is 0 Å². The maximum absolute atomic E-state index is 12.9. The second kappa shape index (κ2) is 9.47. The lowest BCUT2D eigenvalue weighted by Gasteiger charge is -2.34. The van der Waals surface area contributed by atoms with Gasteiger partial charge in [-0.3, -0.25) is 9.69 Å². The van der Waals surface area contributed by atoms with Gasteiger partial charge in [0.2, 0.25) is 5.91 Å². The topological polar surface area (TPSA) is 75.0 Å². The van der Waals surface area contributed by atoms with Crippen LogP contribution in [0.15, 0.2) is 28.4 Å². The van der Waals surface area contributed by atoms with Gasteiger partial charge in [0.05, 0.1) is 12.9 Å². The van der Waals surface area contributed by atoms with Gasteiger partial charge in [0, 0.05) is 31.6 Å². The zero-order chi connectivity index (χ0) is 21.8. The second-order valence-corrected chi connectivity index (χ2v) is 9.37. The molecule has 3 fully saturated rings. The fraction of sp³-hybridized carbons (Fsp3) is 0.667. The first-order valence-corrected chi connectivity index (χ1v) is 11.6. The highest BCUT2D eigenvalue weighted by atomic mass is 16.6. The summed E-state index contributed by atoms with van der Waals surface area (Å²) in [5, 5.41) is 3.26. The van der Waals surface area contributed by atoms with Crippen LogP contribution in [-0.2, 0) is 9.53 Å². The van der Waals surface area contributed by atoms with Crippen molar-refractivity contribution in [2.24, 2.45) is 11.3 Å². The van der Waals surface area contributed by atoms with E-state index in [-0.39, 0.29) is 29.4 Å². The highest BCUT2D eigenvalue weighted by Gasteiger charge is 2.58. The standard InChI is InChI=1S/C24H35N3O4/c1-3-30-23(29)27-10-6-19(7-11-27)25-22(28)21-16-24(21)8-12-26(13-9-24)17-18(2)15-20-5-4-14-31-20/h4-5,14-15,19,21H,3,6-13,16-17H2,1-2H3,(H,25,28)/b18-15+/t21-/m1/s1. The van der Waals surface area contributed by atoms with Crippen LogP contribution >= 0.6 is 0 Å². The summed E-state index contributed by atoms with van der Waals surface area (Å²) >= 11 is 0. The Hall–Kier alpha value is -2.28. The van der Waals surface area contributed by atoms with Gasteiger partial charge in [-0.2, -0.15) is 0 Å². The van der Waals surface area contributed by atoms with Crippen LogP contribution in [0.4, 0.5) is 4.79 Å². The summed E-state index contributed by atoms with van der Waals surface area (Å²) < 4.78 is 10.5. The first-order valence-electron chi connectivity index (χ1n) is 11.6. The van der Waals surface area contributed by atoms with E-state index in [1.54, 1.807) is 11.2 Å². The number of nitrogens with zero attached hydrogens (tertiary/aromatic N) is 2. The molecule has 0 bridgehead atoms. The highest BCUT2D eigenvalue weighted by Crippen LogP contribution is 2.59. The Balaban J connectivity index is 1.18. The number of piperidine rings is 2. The van der Waals surface area contributed by atoms with E-state index in [0.29, 0.717) is 19.7 Å². The fourth-order valence-electron chi connectivity index (χ4n) is 5.16. The predicted octanol–water partition coefficient (Wildman–Crippen LogP) is 3.52. The number of ether oxygens (including phenoxy) is 1. The second-order valence-electron chi connectivity index (χ2n) is 9.37. The molecule has 2 saturated heterocycles. The molecular weight excluding hydrogens is 394 g/mol. The average molecular weight is 430 g/mol. The number of carbonyl (C=O) groups excluding carboxylic acids is 2. The lowest BCUT2D eigenvalue weighted by Crippen LogP contribution is -2.47. The maximum Gasteiger partial charge on any atom is 0.409 e. The molecular formula is C24H35N3O4. The molecule has 3 aliphatic rings. The van der Waals surface area contributed by atoms with E-state index in [9.17, 15) is 9.59 Å². The summed E-state index contributed by atoms with van der Waals surface area (Å²) in [7, 11) is 0. The van der Waals surface area contributed by atoms with Crippen LogP contribution < -0.4 is 5.32 Å². The summed E-state index contributed by atoms with van der Waals surface area (Å²) in [6.45, 7) is 8.71. The van der Waals surface area contributed by atoms with Crippen molar-refractivity contribution in [2.75, 3.05) is 39.3 Å². The van der Waals surface area contributed by atoms with Gasteiger partial charge < -0.3 is 19.4 Å². The zero-order valence-corrected chi connectivity index (χ0v) is 18.8. The number of rotatable bonds is 6. The van der Waals surface area contributed by atoms with Crippen LogP contribution in [0, 0.1) is 11.3 Å². The van der Waals surface area contributed by atoms with Crippen molar-refractivity contribution >= 4 is 18.1 Å². The number of carbonyl (C=O) groups is 2. The average Bonchev–Trinajstić information content (AvgIpc) is 3.21. The van der Waals surface area contributed by atoms with Crippen molar-refractivity contribution in [1.29, 1.82) is 0 Å². The van der Waals surface area contributed by atoms with Crippen molar-refractivity contribution in [1.82, 2.24) is 15.1 Å². The highest BCUT2D eigenvalue weighted by molar-refractivity contribution is 5.83. The molecule has 7 heteroatoms. The van der Waals surface area contributed by atoms with Gasteiger partial charge in [0.25, 0.3) is 0 Å². The third kappa shape index (κ3) is 5.32. The van der Waals surface area contributed by atoms with Gasteiger partial charge in [-0.05, 0) is 82.7 Å². The normalized spacial score (nSPS) is 24.3. The Bertz CT molecular complexity index is 788. The molecule has 1 aromatic rings. The molecule has 1 spiro atoms. The molecule has 0 unspecified atom stereocenters. The molecule has 1 aromatic heterocycles. The van der Waals surface area contributed by atoms with Gasteiger partial charge in [0.15, 0.2) is 0 Å². The minimum absolute atomic E-state index is 0.164. The summed E-state index contributed by atoms with van der Waals surface area (Å²) in [5.41, 5.74) is 1.51. The summed E-state index contributed by atoms with van der Waals surface area (Å²) in [5.74, 6) is 1.28. The smallest absolute Gasteiger partial charge is 0.409 e. The first kappa shape index (κ1) is 21.9. The Morgan fingerprint density at radius 2 is 2.00 bits per heavy atom. The molecule has 1 atom stereocenters. The van der Waals surface area contributed by atoms with Crippen LogP contribution in [0.5, 0.6) is 0 Å². The number of hydrogen-bond donors (Lipinski definition) is 1. The van der Waals surface area contributed by atoms with E-state index in [1.807, 2.05) is 19.1 Å². The Kier molecular flexibility index (Phi) is 6.70. The third-order valence-electron chi connectivity index (χ3n) is 7.13. The Morgan fingerprint density at radius 3 is 2.65 bits per heavy atom. The van der Waals surface area contributed by atoms with Crippen LogP contribution in [0.1, 0.15) is 51.7 Å². The van der Waals surface area contributed by atoms with E-state index in [2.05, 4.69) is 23.2 Å². The molecule has 7 nitrogen and oxygen atoms in total. The molecule has 3 heterocycles. The SMILES string of the molecule is CCOC(=O)N1CCC(NC(=O)[C@H]2CC23CCN(C/C(C)=C/c2ccco2)CC3)CC1. The molecule has 4 rings (SSSR count).